The zero-order valence-corrected chi connectivity index (χ0v) is 19.2. The number of halogens is 1. The van der Waals surface area contributed by atoms with Gasteiger partial charge in [0.1, 0.15) is 0 Å². The molecule has 0 radical (unpaired) electrons. The number of nitrogens with one attached hydrogen (secondary N) is 2. The molecule has 2 N–H and O–H groups in total. The minimum Gasteiger partial charge on any atom is -0.356 e. The van der Waals surface area contributed by atoms with E-state index in [1.54, 1.807) is 0 Å². The Kier molecular flexibility index (Phi) is 9.03. The van der Waals surface area contributed by atoms with Crippen molar-refractivity contribution >= 4 is 41.7 Å². The maximum Gasteiger partial charge on any atom is 0.191 e. The predicted octanol–water partition coefficient (Wildman–Crippen LogP) is 3.83. The molecule has 2 fully saturated rings. The van der Waals surface area contributed by atoms with E-state index in [0.717, 1.165) is 25.0 Å². The fourth-order valence-electron chi connectivity index (χ4n) is 3.40. The van der Waals surface area contributed by atoms with Crippen molar-refractivity contribution in [2.75, 3.05) is 40.3 Å². The fraction of sp³-hybridized carbons (Fsp3) is 0.650. The van der Waals surface area contributed by atoms with Gasteiger partial charge in [-0.3, -0.25) is 4.99 Å². The van der Waals surface area contributed by atoms with Crippen LogP contribution >= 0.6 is 35.7 Å². The molecule has 1 heterocycles. The van der Waals surface area contributed by atoms with E-state index in [1.807, 2.05) is 18.8 Å². The van der Waals surface area contributed by atoms with Crippen LogP contribution < -0.4 is 10.6 Å². The van der Waals surface area contributed by atoms with Crippen LogP contribution in [0.2, 0.25) is 0 Å². The summed E-state index contributed by atoms with van der Waals surface area (Å²) in [6.45, 7) is 4.50. The van der Waals surface area contributed by atoms with Crippen molar-refractivity contribution in [3.05, 3.63) is 30.3 Å². The van der Waals surface area contributed by atoms with Crippen LogP contribution in [-0.4, -0.2) is 55.9 Å². The van der Waals surface area contributed by atoms with E-state index < -0.39 is 0 Å². The Bertz CT molecular complexity index is 554. The van der Waals surface area contributed by atoms with Gasteiger partial charge in [-0.25, -0.2) is 0 Å². The molecule has 1 saturated heterocycles. The van der Waals surface area contributed by atoms with Gasteiger partial charge in [0.25, 0.3) is 0 Å². The van der Waals surface area contributed by atoms with Gasteiger partial charge in [0.15, 0.2) is 5.96 Å². The molecule has 0 amide bonds. The molecule has 1 aromatic rings. The van der Waals surface area contributed by atoms with Crippen LogP contribution in [0.25, 0.3) is 0 Å². The second-order valence-corrected chi connectivity index (χ2v) is 9.03. The molecule has 1 aliphatic carbocycles. The summed E-state index contributed by atoms with van der Waals surface area (Å²) in [5.74, 6) is 1.82. The third-order valence-electron chi connectivity index (χ3n) is 5.37. The molecule has 1 saturated carbocycles. The topological polar surface area (TPSA) is 39.7 Å². The van der Waals surface area contributed by atoms with Crippen LogP contribution in [0.15, 0.2) is 40.2 Å². The van der Waals surface area contributed by atoms with Gasteiger partial charge in [-0.1, -0.05) is 18.2 Å². The van der Waals surface area contributed by atoms with Crippen LogP contribution in [0.1, 0.15) is 32.1 Å². The molecule has 26 heavy (non-hydrogen) atoms. The van der Waals surface area contributed by atoms with Crippen LogP contribution in [0.5, 0.6) is 0 Å². The highest BCUT2D eigenvalue weighted by Crippen LogP contribution is 2.51. The molecule has 4 nitrogen and oxygen atoms in total. The van der Waals surface area contributed by atoms with Crippen molar-refractivity contribution in [1.82, 2.24) is 15.5 Å². The zero-order chi connectivity index (χ0) is 17.5. The number of hydrogen-bond donors (Lipinski definition) is 2. The standard InChI is InChI=1S/C20H32N4S.HI/c1-21-19(22-13-8-17-9-14-24(2)15-10-17)23-16-20(11-12-20)25-18-6-4-3-5-7-18;/h3-7,17H,8-16H2,1-2H3,(H2,21,22,23);1H. The Morgan fingerprint density at radius 2 is 1.88 bits per heavy atom. The molecule has 2 aliphatic rings. The van der Waals surface area contributed by atoms with E-state index in [4.69, 9.17) is 0 Å². The number of rotatable bonds is 7. The molecule has 146 valence electrons. The predicted molar refractivity (Wildman–Crippen MR) is 124 cm³/mol. The van der Waals surface area contributed by atoms with E-state index in [9.17, 15) is 0 Å². The summed E-state index contributed by atoms with van der Waals surface area (Å²) in [6.07, 6.45) is 6.48. The highest BCUT2D eigenvalue weighted by molar-refractivity contribution is 14.0. The van der Waals surface area contributed by atoms with Crippen LogP contribution in [-0.2, 0) is 0 Å². The molecule has 3 rings (SSSR count). The third-order valence-corrected chi connectivity index (χ3v) is 6.86. The molecular formula is C20H33IN4S. The number of nitrogens with zero attached hydrogens (tertiary/aromatic N) is 2. The molecule has 0 spiro atoms. The van der Waals surface area contributed by atoms with Gasteiger partial charge in [-0.15, -0.1) is 35.7 Å². The minimum atomic E-state index is 0. The average Bonchev–Trinajstić information content (AvgIpc) is 3.40. The lowest BCUT2D eigenvalue weighted by atomic mass is 9.94. The lowest BCUT2D eigenvalue weighted by molar-refractivity contribution is 0.213. The van der Waals surface area contributed by atoms with E-state index in [-0.39, 0.29) is 24.0 Å². The summed E-state index contributed by atoms with van der Waals surface area (Å²) >= 11 is 2.01. The largest absolute Gasteiger partial charge is 0.356 e. The van der Waals surface area contributed by atoms with Gasteiger partial charge in [0.05, 0.1) is 0 Å². The fourth-order valence-corrected chi connectivity index (χ4v) is 4.65. The Labute approximate surface area is 180 Å². The summed E-state index contributed by atoms with van der Waals surface area (Å²) in [4.78, 5) is 8.20. The highest BCUT2D eigenvalue weighted by Gasteiger charge is 2.43. The first-order chi connectivity index (χ1) is 12.2. The number of aliphatic imine (C=N–C) groups is 1. The maximum atomic E-state index is 4.40. The molecule has 0 aromatic heterocycles. The first kappa shape index (κ1) is 21.8. The summed E-state index contributed by atoms with van der Waals surface area (Å²) in [7, 11) is 4.09. The smallest absolute Gasteiger partial charge is 0.191 e. The second-order valence-electron chi connectivity index (χ2n) is 7.49. The first-order valence-electron chi connectivity index (χ1n) is 9.56. The van der Waals surface area contributed by atoms with Gasteiger partial charge in [0.2, 0.25) is 0 Å². The van der Waals surface area contributed by atoms with Gasteiger partial charge in [-0.05, 0) is 70.3 Å². The third kappa shape index (κ3) is 6.93. The van der Waals surface area contributed by atoms with E-state index in [1.165, 1.54) is 50.1 Å². The summed E-state index contributed by atoms with van der Waals surface area (Å²) in [5, 5.41) is 7.06. The van der Waals surface area contributed by atoms with E-state index >= 15 is 0 Å². The Morgan fingerprint density at radius 1 is 1.19 bits per heavy atom. The van der Waals surface area contributed by atoms with Gasteiger partial charge in [-0.2, -0.15) is 0 Å². The minimum absolute atomic E-state index is 0. The normalized spacial score (nSPS) is 20.3. The zero-order valence-electron chi connectivity index (χ0n) is 16.0. The number of likely N-dealkylation sites (tertiary alicyclic amines) is 1. The summed E-state index contributed by atoms with van der Waals surface area (Å²) < 4.78 is 0.354. The van der Waals surface area contributed by atoms with E-state index in [2.05, 4.69) is 57.9 Å². The maximum absolute atomic E-state index is 4.40. The lowest BCUT2D eigenvalue weighted by Gasteiger charge is -2.29. The van der Waals surface area contributed by atoms with Crippen LogP contribution in [0, 0.1) is 5.92 Å². The van der Waals surface area contributed by atoms with E-state index in [0.29, 0.717) is 4.75 Å². The number of thioether (sulfide) groups is 1. The van der Waals surface area contributed by atoms with Crippen molar-refractivity contribution < 1.29 is 0 Å². The summed E-state index contributed by atoms with van der Waals surface area (Å²) in [6, 6.07) is 10.7. The molecule has 0 unspecified atom stereocenters. The van der Waals surface area contributed by atoms with Crippen molar-refractivity contribution in [3.63, 3.8) is 0 Å². The SMILES string of the molecule is CN=C(NCCC1CCN(C)CC1)NCC1(Sc2ccccc2)CC1.I. The second kappa shape index (κ2) is 10.8. The monoisotopic (exact) mass is 488 g/mol. The van der Waals surface area contributed by atoms with Gasteiger partial charge >= 0.3 is 0 Å². The van der Waals surface area contributed by atoms with Gasteiger partial charge in [0, 0.05) is 29.8 Å². The Morgan fingerprint density at radius 3 is 2.50 bits per heavy atom. The van der Waals surface area contributed by atoms with Crippen LogP contribution in [0.3, 0.4) is 0 Å². The highest BCUT2D eigenvalue weighted by atomic mass is 127. The number of piperidine rings is 1. The molecular weight excluding hydrogens is 455 g/mol. The first-order valence-corrected chi connectivity index (χ1v) is 10.4. The van der Waals surface area contributed by atoms with Crippen molar-refractivity contribution in [3.8, 4) is 0 Å². The summed E-state index contributed by atoms with van der Waals surface area (Å²) in [5.41, 5.74) is 0. The van der Waals surface area contributed by atoms with Crippen molar-refractivity contribution in [2.24, 2.45) is 10.9 Å². The number of guanidine groups is 1. The molecule has 6 heteroatoms. The Hall–Kier alpha value is -0.470. The molecule has 0 atom stereocenters. The van der Waals surface area contributed by atoms with Crippen molar-refractivity contribution in [1.29, 1.82) is 0 Å². The quantitative estimate of drug-likeness (QED) is 0.348. The Balaban J connectivity index is 0.00000243. The molecule has 1 aromatic carbocycles. The lowest BCUT2D eigenvalue weighted by Crippen LogP contribution is -2.42. The average molecular weight is 488 g/mol. The van der Waals surface area contributed by atoms with Gasteiger partial charge < -0.3 is 15.5 Å². The molecule has 1 aliphatic heterocycles. The molecule has 0 bridgehead atoms. The van der Waals surface area contributed by atoms with Crippen LogP contribution in [0.4, 0.5) is 0 Å². The van der Waals surface area contributed by atoms with Crippen molar-refractivity contribution in [2.45, 2.75) is 41.7 Å². The number of benzene rings is 1. The number of hydrogen-bond acceptors (Lipinski definition) is 3.